The zero-order chi connectivity index (χ0) is 14.7. The lowest BCUT2D eigenvalue weighted by Gasteiger charge is -2.05. The monoisotopic (exact) mass is 300 g/mol. The van der Waals surface area contributed by atoms with Crippen molar-refractivity contribution in [3.05, 3.63) is 54.7 Å². The minimum Gasteiger partial charge on any atom is -0.459 e. The van der Waals surface area contributed by atoms with Crippen molar-refractivity contribution >= 4 is 23.4 Å². The fourth-order valence-electron chi connectivity index (χ4n) is 1.68. The van der Waals surface area contributed by atoms with Crippen LogP contribution in [0.15, 0.2) is 63.5 Å². The number of hydrogen-bond acceptors (Lipinski definition) is 5. The maximum Gasteiger partial charge on any atom is 0.291 e. The van der Waals surface area contributed by atoms with Gasteiger partial charge in [0.25, 0.3) is 5.91 Å². The molecule has 21 heavy (non-hydrogen) atoms. The molecule has 1 N–H and O–H groups in total. The van der Waals surface area contributed by atoms with Crippen LogP contribution in [-0.2, 0) is 7.05 Å². The Kier molecular flexibility index (Phi) is 3.74. The van der Waals surface area contributed by atoms with E-state index >= 15 is 0 Å². The molecule has 0 aliphatic rings. The minimum absolute atomic E-state index is 0.270. The molecule has 1 aromatic carbocycles. The molecule has 0 saturated heterocycles. The Hall–Kier alpha value is -2.54. The van der Waals surface area contributed by atoms with Crippen LogP contribution in [0, 0.1) is 0 Å². The maximum atomic E-state index is 11.8. The van der Waals surface area contributed by atoms with Crippen molar-refractivity contribution in [2.75, 3.05) is 5.32 Å². The number of aromatic nitrogens is 3. The molecule has 0 radical (unpaired) electrons. The summed E-state index contributed by atoms with van der Waals surface area (Å²) in [6.07, 6.45) is 3.12. The molecule has 106 valence electrons. The quantitative estimate of drug-likeness (QED) is 0.802. The number of hydrogen-bond donors (Lipinski definition) is 1. The molecule has 1 amide bonds. The van der Waals surface area contributed by atoms with Gasteiger partial charge in [0.15, 0.2) is 10.9 Å². The molecule has 2 aromatic heterocycles. The Labute approximate surface area is 125 Å². The summed E-state index contributed by atoms with van der Waals surface area (Å²) in [6, 6.07) is 10.8. The van der Waals surface area contributed by atoms with Crippen molar-refractivity contribution in [3.63, 3.8) is 0 Å². The van der Waals surface area contributed by atoms with E-state index in [9.17, 15) is 4.79 Å². The molecule has 0 unspecified atom stereocenters. The van der Waals surface area contributed by atoms with E-state index in [1.165, 1.54) is 18.0 Å². The molecule has 0 bridgehead atoms. The predicted octanol–water partition coefficient (Wildman–Crippen LogP) is 2.81. The summed E-state index contributed by atoms with van der Waals surface area (Å²) in [5, 5.41) is 11.4. The highest BCUT2D eigenvalue weighted by molar-refractivity contribution is 7.99. The summed E-state index contributed by atoms with van der Waals surface area (Å²) < 4.78 is 6.88. The number of amides is 1. The van der Waals surface area contributed by atoms with E-state index in [-0.39, 0.29) is 11.7 Å². The smallest absolute Gasteiger partial charge is 0.291 e. The van der Waals surface area contributed by atoms with Crippen LogP contribution >= 0.6 is 11.8 Å². The number of benzene rings is 1. The van der Waals surface area contributed by atoms with Crippen LogP contribution in [-0.4, -0.2) is 20.7 Å². The number of nitrogens with zero attached hydrogens (tertiary/aromatic N) is 3. The molecule has 0 fully saturated rings. The molecule has 0 saturated carbocycles. The minimum atomic E-state index is -0.270. The van der Waals surface area contributed by atoms with Crippen LogP contribution in [0.25, 0.3) is 0 Å². The lowest BCUT2D eigenvalue weighted by molar-refractivity contribution is 0.0996. The van der Waals surface area contributed by atoms with Crippen molar-refractivity contribution in [1.82, 2.24) is 14.8 Å². The van der Waals surface area contributed by atoms with Crippen molar-refractivity contribution in [1.29, 1.82) is 0 Å². The van der Waals surface area contributed by atoms with Crippen LogP contribution in [0.5, 0.6) is 0 Å². The van der Waals surface area contributed by atoms with Crippen molar-refractivity contribution in [2.45, 2.75) is 10.1 Å². The topological polar surface area (TPSA) is 73.0 Å². The van der Waals surface area contributed by atoms with Crippen LogP contribution in [0.3, 0.4) is 0 Å². The van der Waals surface area contributed by atoms with E-state index in [0.29, 0.717) is 5.69 Å². The van der Waals surface area contributed by atoms with Gasteiger partial charge in [0, 0.05) is 17.6 Å². The highest BCUT2D eigenvalue weighted by Gasteiger charge is 2.09. The average molecular weight is 300 g/mol. The Morgan fingerprint density at radius 2 is 2.10 bits per heavy atom. The van der Waals surface area contributed by atoms with E-state index in [4.69, 9.17) is 4.42 Å². The van der Waals surface area contributed by atoms with Crippen LogP contribution in [0.1, 0.15) is 10.6 Å². The highest BCUT2D eigenvalue weighted by Crippen LogP contribution is 2.26. The second-order valence-corrected chi connectivity index (χ2v) is 5.32. The SMILES string of the molecule is Cn1cnnc1Sc1ccc(NC(=O)c2ccco2)cc1. The molecule has 6 nitrogen and oxygen atoms in total. The summed E-state index contributed by atoms with van der Waals surface area (Å²) in [4.78, 5) is 12.8. The molecule has 0 atom stereocenters. The van der Waals surface area contributed by atoms with Gasteiger partial charge in [-0.25, -0.2) is 0 Å². The van der Waals surface area contributed by atoms with E-state index < -0.39 is 0 Å². The summed E-state index contributed by atoms with van der Waals surface area (Å²) in [6.45, 7) is 0. The second-order valence-electron chi connectivity index (χ2n) is 4.28. The molecule has 2 heterocycles. The zero-order valence-electron chi connectivity index (χ0n) is 11.2. The molecule has 0 aliphatic heterocycles. The number of anilines is 1. The van der Waals surface area contributed by atoms with Gasteiger partial charge in [-0.15, -0.1) is 10.2 Å². The third-order valence-electron chi connectivity index (χ3n) is 2.74. The number of aryl methyl sites for hydroxylation is 1. The molecule has 3 aromatic rings. The van der Waals surface area contributed by atoms with Crippen molar-refractivity contribution in [3.8, 4) is 0 Å². The fourth-order valence-corrected chi connectivity index (χ4v) is 2.44. The van der Waals surface area contributed by atoms with Gasteiger partial charge in [0.2, 0.25) is 0 Å². The third-order valence-corrected chi connectivity index (χ3v) is 3.80. The van der Waals surface area contributed by atoms with E-state index in [1.807, 2.05) is 35.9 Å². The number of rotatable bonds is 4. The lowest BCUT2D eigenvalue weighted by Crippen LogP contribution is -2.10. The van der Waals surface area contributed by atoms with Gasteiger partial charge in [0.1, 0.15) is 6.33 Å². The van der Waals surface area contributed by atoms with E-state index in [1.54, 1.807) is 18.5 Å². The summed E-state index contributed by atoms with van der Waals surface area (Å²) in [5.41, 5.74) is 0.707. The van der Waals surface area contributed by atoms with Gasteiger partial charge in [-0.2, -0.15) is 0 Å². The second kappa shape index (κ2) is 5.84. The molecule has 7 heteroatoms. The van der Waals surface area contributed by atoms with Crippen LogP contribution in [0.4, 0.5) is 5.69 Å². The first-order valence-corrected chi connectivity index (χ1v) is 7.01. The van der Waals surface area contributed by atoms with Gasteiger partial charge in [-0.05, 0) is 48.2 Å². The van der Waals surface area contributed by atoms with E-state index in [2.05, 4.69) is 15.5 Å². The normalized spacial score (nSPS) is 10.5. The number of carbonyl (C=O) groups is 1. The largest absolute Gasteiger partial charge is 0.459 e. The molecular formula is C14H12N4O2S. The maximum absolute atomic E-state index is 11.8. The van der Waals surface area contributed by atoms with Gasteiger partial charge in [-0.3, -0.25) is 4.79 Å². The molecule has 0 aliphatic carbocycles. The summed E-state index contributed by atoms with van der Waals surface area (Å²) >= 11 is 1.50. The summed E-state index contributed by atoms with van der Waals surface area (Å²) in [7, 11) is 1.89. The molecular weight excluding hydrogens is 288 g/mol. The van der Waals surface area contributed by atoms with E-state index in [0.717, 1.165) is 10.1 Å². The lowest BCUT2D eigenvalue weighted by atomic mass is 10.3. The van der Waals surface area contributed by atoms with Crippen LogP contribution in [0.2, 0.25) is 0 Å². The van der Waals surface area contributed by atoms with Gasteiger partial charge in [-0.1, -0.05) is 0 Å². The average Bonchev–Trinajstić information content (AvgIpc) is 3.14. The molecule has 3 rings (SSSR count). The first kappa shape index (κ1) is 13.4. The van der Waals surface area contributed by atoms with Gasteiger partial charge < -0.3 is 14.3 Å². The van der Waals surface area contributed by atoms with Crippen molar-refractivity contribution in [2.24, 2.45) is 7.05 Å². The first-order valence-electron chi connectivity index (χ1n) is 6.19. The third kappa shape index (κ3) is 3.14. The van der Waals surface area contributed by atoms with Gasteiger partial charge in [0.05, 0.1) is 6.26 Å². The Morgan fingerprint density at radius 1 is 1.29 bits per heavy atom. The zero-order valence-corrected chi connectivity index (χ0v) is 12.0. The highest BCUT2D eigenvalue weighted by atomic mass is 32.2. The number of furan rings is 1. The number of carbonyl (C=O) groups excluding carboxylic acids is 1. The standard InChI is InChI=1S/C14H12N4O2S/c1-18-9-15-17-14(18)21-11-6-4-10(5-7-11)16-13(19)12-3-2-8-20-12/h2-9H,1H3,(H,16,19). The number of nitrogens with one attached hydrogen (secondary N) is 1. The Morgan fingerprint density at radius 3 is 2.71 bits per heavy atom. The Bertz CT molecular complexity index is 735. The van der Waals surface area contributed by atoms with Gasteiger partial charge >= 0.3 is 0 Å². The summed E-state index contributed by atoms with van der Waals surface area (Å²) in [5.74, 6) is 0.0150. The fraction of sp³-hybridized carbons (Fsp3) is 0.0714. The Balaban J connectivity index is 1.67. The predicted molar refractivity (Wildman–Crippen MR) is 78.2 cm³/mol. The first-order chi connectivity index (χ1) is 10.2. The van der Waals surface area contributed by atoms with Crippen LogP contribution < -0.4 is 5.32 Å². The van der Waals surface area contributed by atoms with Crippen molar-refractivity contribution < 1.29 is 9.21 Å². The molecule has 0 spiro atoms.